The summed E-state index contributed by atoms with van der Waals surface area (Å²) in [5.41, 5.74) is 6.14. The topological polar surface area (TPSA) is 72.5 Å². The van der Waals surface area contributed by atoms with E-state index in [4.69, 9.17) is 15.6 Å². The van der Waals surface area contributed by atoms with Crippen molar-refractivity contribution in [1.82, 2.24) is 0 Å². The first-order chi connectivity index (χ1) is 7.47. The average molecular weight is 292 g/mol. The van der Waals surface area contributed by atoms with Crippen LogP contribution in [0.5, 0.6) is 5.75 Å². The summed E-state index contributed by atoms with van der Waals surface area (Å²) in [4.78, 5) is 10.5. The van der Waals surface area contributed by atoms with E-state index in [1.54, 1.807) is 0 Å². The Bertz CT molecular complexity index is 411. The molecule has 0 fully saturated rings. The van der Waals surface area contributed by atoms with Gasteiger partial charge in [0, 0.05) is 11.6 Å². The molecule has 4 nitrogen and oxygen atoms in total. The Morgan fingerprint density at radius 1 is 1.69 bits per heavy atom. The monoisotopic (exact) mass is 291 g/mol. The molecule has 1 aromatic rings. The Labute approximate surface area is 100 Å². The zero-order valence-electron chi connectivity index (χ0n) is 8.54. The van der Waals surface area contributed by atoms with Crippen molar-refractivity contribution in [2.75, 3.05) is 7.11 Å². The zero-order valence-corrected chi connectivity index (χ0v) is 10.1. The molecule has 1 rings (SSSR count). The molecule has 6 heteroatoms. The maximum Gasteiger partial charge on any atom is 0.305 e. The Hall–Kier alpha value is -1.14. The molecule has 0 amide bonds. The summed E-state index contributed by atoms with van der Waals surface area (Å²) in [6.07, 6.45) is -0.242. The van der Waals surface area contributed by atoms with Crippen LogP contribution in [0.4, 0.5) is 4.39 Å². The number of hydrogen-bond acceptors (Lipinski definition) is 3. The summed E-state index contributed by atoms with van der Waals surface area (Å²) in [5.74, 6) is -1.27. The van der Waals surface area contributed by atoms with Gasteiger partial charge in [-0.1, -0.05) is 6.07 Å². The van der Waals surface area contributed by atoms with Crippen molar-refractivity contribution in [3.63, 3.8) is 0 Å². The van der Waals surface area contributed by atoms with E-state index in [1.165, 1.54) is 19.2 Å². The normalized spacial score (nSPS) is 12.2. The van der Waals surface area contributed by atoms with E-state index in [0.717, 1.165) is 0 Å². The van der Waals surface area contributed by atoms with Crippen molar-refractivity contribution in [2.24, 2.45) is 5.73 Å². The highest BCUT2D eigenvalue weighted by molar-refractivity contribution is 9.10. The molecule has 3 N–H and O–H groups in total. The molecule has 0 saturated heterocycles. The first-order valence-electron chi connectivity index (χ1n) is 4.46. The van der Waals surface area contributed by atoms with Gasteiger partial charge < -0.3 is 15.6 Å². The van der Waals surface area contributed by atoms with Crippen LogP contribution in [0.3, 0.4) is 0 Å². The fourth-order valence-electron chi connectivity index (χ4n) is 1.34. The van der Waals surface area contributed by atoms with Gasteiger partial charge in [-0.25, -0.2) is 4.39 Å². The van der Waals surface area contributed by atoms with Gasteiger partial charge in [-0.3, -0.25) is 4.79 Å². The lowest BCUT2D eigenvalue weighted by atomic mass is 10.0. The van der Waals surface area contributed by atoms with Crippen molar-refractivity contribution < 1.29 is 19.0 Å². The van der Waals surface area contributed by atoms with Crippen LogP contribution in [0.1, 0.15) is 18.0 Å². The molecular formula is C10H11BrFNO3. The molecule has 0 heterocycles. The number of aliphatic carboxylic acids is 1. The van der Waals surface area contributed by atoms with E-state index in [0.29, 0.717) is 5.56 Å². The second kappa shape index (κ2) is 5.27. The van der Waals surface area contributed by atoms with Gasteiger partial charge in [-0.15, -0.1) is 0 Å². The van der Waals surface area contributed by atoms with E-state index in [9.17, 15) is 9.18 Å². The highest BCUT2D eigenvalue weighted by atomic mass is 79.9. The minimum Gasteiger partial charge on any atom is -0.495 e. The van der Waals surface area contributed by atoms with Crippen LogP contribution in [-0.4, -0.2) is 18.2 Å². The van der Waals surface area contributed by atoms with E-state index in [1.807, 2.05) is 0 Å². The van der Waals surface area contributed by atoms with E-state index >= 15 is 0 Å². The van der Waals surface area contributed by atoms with Crippen LogP contribution in [0.25, 0.3) is 0 Å². The summed E-state index contributed by atoms with van der Waals surface area (Å²) in [6.45, 7) is 0. The number of methoxy groups -OCH3 is 1. The predicted molar refractivity (Wildman–Crippen MR) is 59.8 cm³/mol. The molecule has 16 heavy (non-hydrogen) atoms. The maximum absolute atomic E-state index is 13.2. The molecular weight excluding hydrogens is 281 g/mol. The third-order valence-electron chi connectivity index (χ3n) is 2.08. The smallest absolute Gasteiger partial charge is 0.305 e. The molecule has 88 valence electrons. The van der Waals surface area contributed by atoms with Crippen LogP contribution >= 0.6 is 15.9 Å². The second-order valence-electron chi connectivity index (χ2n) is 3.19. The minimum absolute atomic E-state index is 0.147. The average Bonchev–Trinajstić information content (AvgIpc) is 2.20. The number of halogens is 2. The maximum atomic E-state index is 13.2. The molecule has 1 unspecified atom stereocenters. The summed E-state index contributed by atoms with van der Waals surface area (Å²) in [6, 6.07) is 1.90. The number of nitrogens with two attached hydrogens (primary N) is 1. The molecule has 0 bridgehead atoms. The van der Waals surface area contributed by atoms with Crippen LogP contribution in [-0.2, 0) is 4.79 Å². The molecule has 0 aliphatic carbocycles. The number of hydrogen-bond donors (Lipinski definition) is 2. The van der Waals surface area contributed by atoms with Crippen molar-refractivity contribution >= 4 is 21.9 Å². The number of carboxylic acids is 1. The lowest BCUT2D eigenvalue weighted by molar-refractivity contribution is -0.137. The minimum atomic E-state index is -1.02. The Kier molecular flexibility index (Phi) is 4.26. The SMILES string of the molecule is COc1c(C(N)CC(=O)O)ccc(F)c1Br. The van der Waals surface area contributed by atoms with Crippen molar-refractivity contribution in [3.8, 4) is 5.75 Å². The number of rotatable bonds is 4. The van der Waals surface area contributed by atoms with Crippen LogP contribution in [0.2, 0.25) is 0 Å². The first kappa shape index (κ1) is 12.9. The summed E-state index contributed by atoms with van der Waals surface area (Å²) < 4.78 is 18.3. The molecule has 0 aromatic heterocycles. The van der Waals surface area contributed by atoms with E-state index in [2.05, 4.69) is 15.9 Å². The van der Waals surface area contributed by atoms with E-state index in [-0.39, 0.29) is 16.6 Å². The van der Waals surface area contributed by atoms with Gasteiger partial charge in [0.15, 0.2) is 0 Å². The summed E-state index contributed by atoms with van der Waals surface area (Å²) in [5, 5.41) is 8.63. The van der Waals surface area contributed by atoms with Gasteiger partial charge in [-0.05, 0) is 22.0 Å². The number of ether oxygens (including phenoxy) is 1. The predicted octanol–water partition coefficient (Wildman–Crippen LogP) is 2.07. The lowest BCUT2D eigenvalue weighted by Gasteiger charge is -2.15. The van der Waals surface area contributed by atoms with Gasteiger partial charge in [-0.2, -0.15) is 0 Å². The molecule has 0 spiro atoms. The Morgan fingerprint density at radius 3 is 2.81 bits per heavy atom. The fourth-order valence-corrected chi connectivity index (χ4v) is 1.87. The molecule has 0 aliphatic rings. The number of carbonyl (C=O) groups is 1. The van der Waals surface area contributed by atoms with Gasteiger partial charge in [0.2, 0.25) is 0 Å². The van der Waals surface area contributed by atoms with Crippen LogP contribution < -0.4 is 10.5 Å². The summed E-state index contributed by atoms with van der Waals surface area (Å²) >= 11 is 3.02. The highest BCUT2D eigenvalue weighted by Crippen LogP contribution is 2.35. The molecule has 1 aromatic carbocycles. The van der Waals surface area contributed by atoms with Gasteiger partial charge in [0.05, 0.1) is 18.0 Å². The lowest BCUT2D eigenvalue weighted by Crippen LogP contribution is -2.16. The second-order valence-corrected chi connectivity index (χ2v) is 3.98. The van der Waals surface area contributed by atoms with Gasteiger partial charge >= 0.3 is 5.97 Å². The van der Waals surface area contributed by atoms with Crippen LogP contribution in [0.15, 0.2) is 16.6 Å². The number of carboxylic acid groups (broad SMARTS) is 1. The zero-order chi connectivity index (χ0) is 12.3. The largest absolute Gasteiger partial charge is 0.495 e. The standard InChI is InChI=1S/C10H11BrFNO3/c1-16-10-5(7(13)4-8(14)15)2-3-6(12)9(10)11/h2-3,7H,4,13H2,1H3,(H,14,15). The molecule has 0 saturated carbocycles. The Balaban J connectivity index is 3.13. The first-order valence-corrected chi connectivity index (χ1v) is 5.26. The third kappa shape index (κ3) is 2.70. The quantitative estimate of drug-likeness (QED) is 0.891. The van der Waals surface area contributed by atoms with Crippen molar-refractivity contribution in [1.29, 1.82) is 0 Å². The van der Waals surface area contributed by atoms with Gasteiger partial charge in [0.25, 0.3) is 0 Å². The van der Waals surface area contributed by atoms with Crippen LogP contribution in [0, 0.1) is 5.82 Å². The van der Waals surface area contributed by atoms with E-state index < -0.39 is 17.8 Å². The third-order valence-corrected chi connectivity index (χ3v) is 2.82. The fraction of sp³-hybridized carbons (Fsp3) is 0.300. The summed E-state index contributed by atoms with van der Waals surface area (Å²) in [7, 11) is 1.37. The Morgan fingerprint density at radius 2 is 2.31 bits per heavy atom. The molecule has 0 radical (unpaired) electrons. The van der Waals surface area contributed by atoms with Crippen molar-refractivity contribution in [2.45, 2.75) is 12.5 Å². The molecule has 0 aliphatic heterocycles. The van der Waals surface area contributed by atoms with Gasteiger partial charge in [0.1, 0.15) is 11.6 Å². The number of benzene rings is 1. The van der Waals surface area contributed by atoms with Crippen molar-refractivity contribution in [3.05, 3.63) is 28.0 Å². The highest BCUT2D eigenvalue weighted by Gasteiger charge is 2.19. The molecule has 1 atom stereocenters.